The van der Waals surface area contributed by atoms with Crippen LogP contribution < -0.4 is 5.73 Å². The first-order chi connectivity index (χ1) is 8.19. The molecule has 0 bridgehead atoms. The molecule has 0 saturated carbocycles. The highest BCUT2D eigenvalue weighted by Gasteiger charge is 2.20. The largest absolute Gasteiger partial charge is 0.460 e. The van der Waals surface area contributed by atoms with Crippen molar-refractivity contribution in [1.82, 2.24) is 0 Å². The van der Waals surface area contributed by atoms with E-state index in [9.17, 15) is 4.79 Å². The summed E-state index contributed by atoms with van der Waals surface area (Å²) in [7, 11) is 0. The highest BCUT2D eigenvalue weighted by molar-refractivity contribution is 5.71. The highest BCUT2D eigenvalue weighted by Crippen LogP contribution is 2.21. The molecule has 0 spiro atoms. The molecule has 1 atom stereocenters. The first-order valence-corrected chi connectivity index (χ1v) is 6.23. The molecule has 3 nitrogen and oxygen atoms in total. The van der Waals surface area contributed by atoms with Gasteiger partial charge in [-0.25, -0.2) is 0 Å². The number of nitrogens with two attached hydrogens (primary N) is 1. The summed E-state index contributed by atoms with van der Waals surface area (Å²) in [4.78, 5) is 11.7. The van der Waals surface area contributed by atoms with Crippen LogP contribution >= 0.6 is 0 Å². The second kappa shape index (κ2) is 5.53. The fraction of sp³-hybridized carbons (Fsp3) is 0.533. The van der Waals surface area contributed by atoms with Crippen LogP contribution in [-0.4, -0.2) is 11.6 Å². The minimum atomic E-state index is -0.460. The van der Waals surface area contributed by atoms with Crippen molar-refractivity contribution in [3.05, 3.63) is 34.9 Å². The van der Waals surface area contributed by atoms with Crippen LogP contribution in [0.2, 0.25) is 0 Å². The lowest BCUT2D eigenvalue weighted by Crippen LogP contribution is -2.26. The van der Waals surface area contributed by atoms with Gasteiger partial charge in [0.05, 0.1) is 6.42 Å². The van der Waals surface area contributed by atoms with Crippen LogP contribution in [0.4, 0.5) is 0 Å². The highest BCUT2D eigenvalue weighted by atomic mass is 16.6. The molecule has 2 N–H and O–H groups in total. The fourth-order valence-electron chi connectivity index (χ4n) is 1.83. The van der Waals surface area contributed by atoms with Crippen LogP contribution in [-0.2, 0) is 9.53 Å². The summed E-state index contributed by atoms with van der Waals surface area (Å²) >= 11 is 0. The summed E-state index contributed by atoms with van der Waals surface area (Å²) < 4.78 is 5.28. The van der Waals surface area contributed by atoms with Gasteiger partial charge in [-0.1, -0.05) is 23.8 Å². The second-order valence-electron chi connectivity index (χ2n) is 5.76. The number of carbonyl (C=O) groups excluding carboxylic acids is 1. The average molecular weight is 249 g/mol. The maximum absolute atomic E-state index is 11.7. The van der Waals surface area contributed by atoms with Crippen LogP contribution in [0.25, 0.3) is 0 Å². The summed E-state index contributed by atoms with van der Waals surface area (Å²) in [5.41, 5.74) is 8.89. The number of hydrogen-bond acceptors (Lipinski definition) is 3. The van der Waals surface area contributed by atoms with Crippen molar-refractivity contribution in [2.45, 2.75) is 52.7 Å². The van der Waals surface area contributed by atoms with E-state index >= 15 is 0 Å². The van der Waals surface area contributed by atoms with Gasteiger partial charge in [0.15, 0.2) is 0 Å². The Morgan fingerprint density at radius 2 is 1.94 bits per heavy atom. The minimum Gasteiger partial charge on any atom is -0.460 e. The predicted molar refractivity (Wildman–Crippen MR) is 73.3 cm³/mol. The van der Waals surface area contributed by atoms with E-state index in [1.807, 2.05) is 52.8 Å². The zero-order valence-corrected chi connectivity index (χ0v) is 11.9. The lowest BCUT2D eigenvalue weighted by molar-refractivity contribution is -0.155. The van der Waals surface area contributed by atoms with E-state index < -0.39 is 5.60 Å². The molecule has 100 valence electrons. The zero-order valence-electron chi connectivity index (χ0n) is 11.9. The summed E-state index contributed by atoms with van der Waals surface area (Å²) in [6, 6.07) is 5.79. The molecule has 0 aliphatic heterocycles. The molecule has 0 aliphatic carbocycles. The van der Waals surface area contributed by atoms with Crippen LogP contribution in [0.5, 0.6) is 0 Å². The lowest BCUT2D eigenvalue weighted by Gasteiger charge is -2.21. The number of benzene rings is 1. The minimum absolute atomic E-state index is 0.210. The van der Waals surface area contributed by atoms with E-state index in [-0.39, 0.29) is 18.4 Å². The molecule has 0 aliphatic rings. The van der Waals surface area contributed by atoms with Crippen molar-refractivity contribution >= 4 is 5.97 Å². The van der Waals surface area contributed by atoms with Crippen LogP contribution in [0.1, 0.15) is 49.9 Å². The third-order valence-corrected chi connectivity index (χ3v) is 2.64. The number of rotatable bonds is 3. The molecule has 1 aromatic rings. The second-order valence-corrected chi connectivity index (χ2v) is 5.76. The van der Waals surface area contributed by atoms with Crippen molar-refractivity contribution in [1.29, 1.82) is 0 Å². The van der Waals surface area contributed by atoms with Crippen molar-refractivity contribution in [3.63, 3.8) is 0 Å². The number of hydrogen-bond donors (Lipinski definition) is 1. The van der Waals surface area contributed by atoms with Gasteiger partial charge in [-0.05, 0) is 45.7 Å². The molecule has 1 rings (SSSR count). The third-order valence-electron chi connectivity index (χ3n) is 2.64. The van der Waals surface area contributed by atoms with Crippen LogP contribution in [0, 0.1) is 13.8 Å². The Morgan fingerprint density at radius 3 is 2.50 bits per heavy atom. The van der Waals surface area contributed by atoms with Gasteiger partial charge in [0.1, 0.15) is 5.60 Å². The average Bonchev–Trinajstić information content (AvgIpc) is 2.18. The molecule has 0 unspecified atom stereocenters. The number of carbonyl (C=O) groups is 1. The Bertz CT molecular complexity index is 433. The van der Waals surface area contributed by atoms with Gasteiger partial charge in [-0.2, -0.15) is 0 Å². The molecule has 0 amide bonds. The molecule has 0 aromatic heterocycles. The first-order valence-electron chi connectivity index (χ1n) is 6.23. The molecule has 18 heavy (non-hydrogen) atoms. The first kappa shape index (κ1) is 14.7. The van der Waals surface area contributed by atoms with E-state index in [1.54, 1.807) is 0 Å². The van der Waals surface area contributed by atoms with Crippen LogP contribution in [0.15, 0.2) is 18.2 Å². The molecule has 3 heteroatoms. The summed E-state index contributed by atoms with van der Waals surface area (Å²) in [5, 5.41) is 0. The van der Waals surface area contributed by atoms with Gasteiger partial charge in [0.2, 0.25) is 0 Å². The molecule has 1 aromatic carbocycles. The van der Waals surface area contributed by atoms with Crippen molar-refractivity contribution in [3.8, 4) is 0 Å². The van der Waals surface area contributed by atoms with Gasteiger partial charge in [0, 0.05) is 6.04 Å². The number of ether oxygens (including phenoxy) is 1. The van der Waals surface area contributed by atoms with Gasteiger partial charge < -0.3 is 10.5 Å². The molecule has 0 saturated heterocycles. The Hall–Kier alpha value is -1.35. The Labute approximate surface area is 109 Å². The van der Waals surface area contributed by atoms with Crippen molar-refractivity contribution in [2.75, 3.05) is 0 Å². The van der Waals surface area contributed by atoms with Gasteiger partial charge in [-0.15, -0.1) is 0 Å². The fourth-order valence-corrected chi connectivity index (χ4v) is 1.83. The monoisotopic (exact) mass is 249 g/mol. The SMILES string of the molecule is Cc1ccc(C)c([C@@H](N)CC(=O)OC(C)(C)C)c1. The van der Waals surface area contributed by atoms with Gasteiger partial charge >= 0.3 is 5.97 Å². The van der Waals surface area contributed by atoms with Crippen molar-refractivity contribution in [2.24, 2.45) is 5.73 Å². The summed E-state index contributed by atoms with van der Waals surface area (Å²) in [6.07, 6.45) is 0.210. The molecular formula is C15H23NO2. The topological polar surface area (TPSA) is 52.3 Å². The molecule has 0 radical (unpaired) electrons. The predicted octanol–water partition coefficient (Wildman–Crippen LogP) is 3.04. The van der Waals surface area contributed by atoms with E-state index in [4.69, 9.17) is 10.5 Å². The standard InChI is InChI=1S/C15H23NO2/c1-10-6-7-11(2)12(8-10)13(16)9-14(17)18-15(3,4)5/h6-8,13H,9,16H2,1-5H3/t13-/m0/s1. The van der Waals surface area contributed by atoms with E-state index in [2.05, 4.69) is 0 Å². The normalized spacial score (nSPS) is 13.2. The molecule has 0 fully saturated rings. The van der Waals surface area contributed by atoms with Crippen LogP contribution in [0.3, 0.4) is 0 Å². The Morgan fingerprint density at radius 1 is 1.33 bits per heavy atom. The summed E-state index contributed by atoms with van der Waals surface area (Å²) in [6.45, 7) is 9.59. The maximum Gasteiger partial charge on any atom is 0.308 e. The maximum atomic E-state index is 11.7. The third kappa shape index (κ3) is 4.49. The summed E-state index contributed by atoms with van der Waals surface area (Å²) in [5.74, 6) is -0.254. The number of aryl methyl sites for hydroxylation is 2. The quantitative estimate of drug-likeness (QED) is 0.838. The Kier molecular flexibility index (Phi) is 4.52. The smallest absolute Gasteiger partial charge is 0.308 e. The number of esters is 1. The molecule has 0 heterocycles. The van der Waals surface area contributed by atoms with Crippen molar-refractivity contribution < 1.29 is 9.53 Å². The van der Waals surface area contributed by atoms with E-state index in [0.717, 1.165) is 16.7 Å². The lowest BCUT2D eigenvalue weighted by atomic mass is 9.97. The van der Waals surface area contributed by atoms with E-state index in [1.165, 1.54) is 0 Å². The van der Waals surface area contributed by atoms with Gasteiger partial charge in [-0.3, -0.25) is 4.79 Å². The van der Waals surface area contributed by atoms with E-state index in [0.29, 0.717) is 0 Å². The molecular weight excluding hydrogens is 226 g/mol. The van der Waals surface area contributed by atoms with Gasteiger partial charge in [0.25, 0.3) is 0 Å². The Balaban J connectivity index is 2.73. The zero-order chi connectivity index (χ0) is 13.9.